The second-order valence-electron chi connectivity index (χ2n) is 2.96. The molecule has 0 aliphatic carbocycles. The number of hydrogen-bond donors (Lipinski definition) is 1. The molecule has 0 aliphatic rings. The summed E-state index contributed by atoms with van der Waals surface area (Å²) in [5.41, 5.74) is 1.05. The molecule has 0 amide bonds. The van der Waals surface area contributed by atoms with Crippen molar-refractivity contribution < 1.29 is 0 Å². The summed E-state index contributed by atoms with van der Waals surface area (Å²) in [4.78, 5) is 13.5. The molecule has 0 fully saturated rings. The van der Waals surface area contributed by atoms with Gasteiger partial charge in [0, 0.05) is 17.3 Å². The van der Waals surface area contributed by atoms with Gasteiger partial charge in [0.05, 0.1) is 6.20 Å². The molecule has 0 saturated carbocycles. The van der Waals surface area contributed by atoms with Gasteiger partial charge in [-0.05, 0) is 12.1 Å². The van der Waals surface area contributed by atoms with Crippen LogP contribution >= 0.6 is 11.8 Å². The first-order valence-corrected chi connectivity index (χ1v) is 5.35. The van der Waals surface area contributed by atoms with Crippen LogP contribution in [-0.2, 0) is 0 Å². The molecule has 0 atom stereocenters. The summed E-state index contributed by atoms with van der Waals surface area (Å²) in [6, 6.07) is 3.83. The van der Waals surface area contributed by atoms with E-state index in [2.05, 4.69) is 30.4 Å². The Morgan fingerprint density at radius 3 is 2.75 bits per heavy atom. The Labute approximate surface area is 94.5 Å². The molecular weight excluding hydrogens is 224 g/mol. The van der Waals surface area contributed by atoms with E-state index in [9.17, 15) is 0 Å². The number of rotatable bonds is 2. The molecule has 16 heavy (non-hydrogen) atoms. The highest BCUT2D eigenvalue weighted by Gasteiger charge is 2.04. The second kappa shape index (κ2) is 3.86. The van der Waals surface area contributed by atoms with Crippen LogP contribution in [0, 0.1) is 0 Å². The van der Waals surface area contributed by atoms with Gasteiger partial charge in [-0.25, -0.2) is 9.97 Å². The Morgan fingerprint density at radius 2 is 1.88 bits per heavy atom. The van der Waals surface area contributed by atoms with E-state index < -0.39 is 0 Å². The zero-order valence-electron chi connectivity index (χ0n) is 8.03. The van der Waals surface area contributed by atoms with Crippen molar-refractivity contribution in [2.75, 3.05) is 0 Å². The number of fused-ring (bicyclic) bond motifs is 1. The van der Waals surface area contributed by atoms with Crippen LogP contribution in [-0.4, -0.2) is 30.4 Å². The van der Waals surface area contributed by atoms with E-state index in [0.29, 0.717) is 11.3 Å². The van der Waals surface area contributed by atoms with Crippen molar-refractivity contribution in [3.63, 3.8) is 0 Å². The van der Waals surface area contributed by atoms with Gasteiger partial charge in [0.2, 0.25) is 11.3 Å². The third-order valence-electron chi connectivity index (χ3n) is 1.90. The van der Waals surface area contributed by atoms with Gasteiger partial charge < -0.3 is 0 Å². The van der Waals surface area contributed by atoms with Crippen molar-refractivity contribution >= 4 is 23.1 Å². The van der Waals surface area contributed by atoms with E-state index in [0.717, 1.165) is 9.92 Å². The van der Waals surface area contributed by atoms with E-state index in [1.807, 2.05) is 12.1 Å². The highest BCUT2D eigenvalue weighted by molar-refractivity contribution is 7.99. The maximum absolute atomic E-state index is 4.31. The van der Waals surface area contributed by atoms with Gasteiger partial charge in [0.1, 0.15) is 5.03 Å². The lowest BCUT2D eigenvalue weighted by atomic mass is 10.5. The molecule has 7 heteroatoms. The van der Waals surface area contributed by atoms with E-state index in [1.165, 1.54) is 11.8 Å². The Morgan fingerprint density at radius 1 is 1.06 bits per heavy atom. The molecule has 0 spiro atoms. The van der Waals surface area contributed by atoms with Crippen molar-refractivity contribution in [2.24, 2.45) is 0 Å². The fraction of sp³-hybridized carbons (Fsp3) is 0. The van der Waals surface area contributed by atoms with Gasteiger partial charge in [-0.1, -0.05) is 11.8 Å². The zero-order valence-corrected chi connectivity index (χ0v) is 8.85. The highest BCUT2D eigenvalue weighted by Crippen LogP contribution is 2.24. The zero-order chi connectivity index (χ0) is 10.8. The summed E-state index contributed by atoms with van der Waals surface area (Å²) in [7, 11) is 0. The Balaban J connectivity index is 1.94. The first kappa shape index (κ1) is 9.22. The van der Waals surface area contributed by atoms with Crippen LogP contribution in [0.3, 0.4) is 0 Å². The average molecular weight is 230 g/mol. The molecule has 0 bridgehead atoms. The molecule has 0 aliphatic heterocycles. The molecule has 3 heterocycles. The van der Waals surface area contributed by atoms with Crippen LogP contribution in [0.25, 0.3) is 11.3 Å². The maximum Gasteiger partial charge on any atom is 0.221 e. The molecule has 3 rings (SSSR count). The average Bonchev–Trinajstić information content (AvgIpc) is 2.77. The largest absolute Gasteiger partial charge is 0.265 e. The Hall–Kier alpha value is -2.02. The van der Waals surface area contributed by atoms with Gasteiger partial charge in [-0.2, -0.15) is 5.21 Å². The van der Waals surface area contributed by atoms with Crippen molar-refractivity contribution in [1.29, 1.82) is 0 Å². The van der Waals surface area contributed by atoms with Crippen LogP contribution in [0.15, 0.2) is 40.6 Å². The van der Waals surface area contributed by atoms with E-state index >= 15 is 0 Å². The minimum atomic E-state index is 0.527. The molecule has 0 aromatic carbocycles. The SMILES string of the molecule is c1cc(Sc2cnc3n[nH]nc3n2)ccn1. The van der Waals surface area contributed by atoms with E-state index in [1.54, 1.807) is 18.6 Å². The Kier molecular flexibility index (Phi) is 2.22. The summed E-state index contributed by atoms with van der Waals surface area (Å²) < 4.78 is 0. The molecule has 6 nitrogen and oxygen atoms in total. The molecule has 78 valence electrons. The summed E-state index contributed by atoms with van der Waals surface area (Å²) in [5, 5.41) is 11.0. The first-order chi connectivity index (χ1) is 7.92. The topological polar surface area (TPSA) is 80.2 Å². The van der Waals surface area contributed by atoms with Crippen LogP contribution in [0.2, 0.25) is 0 Å². The quantitative estimate of drug-likeness (QED) is 0.714. The van der Waals surface area contributed by atoms with Gasteiger partial charge in [0.25, 0.3) is 0 Å². The second-order valence-corrected chi connectivity index (χ2v) is 4.06. The molecule has 0 radical (unpaired) electrons. The van der Waals surface area contributed by atoms with Gasteiger partial charge >= 0.3 is 0 Å². The predicted molar refractivity (Wildman–Crippen MR) is 57.8 cm³/mol. The van der Waals surface area contributed by atoms with Gasteiger partial charge in [-0.15, -0.1) is 10.2 Å². The maximum atomic E-state index is 4.31. The predicted octanol–water partition coefficient (Wildman–Crippen LogP) is 1.29. The highest BCUT2D eigenvalue weighted by atomic mass is 32.2. The lowest BCUT2D eigenvalue weighted by Gasteiger charge is -1.98. The molecule has 0 unspecified atom stereocenters. The summed E-state index contributed by atoms with van der Waals surface area (Å²) in [6.07, 6.45) is 5.16. The third kappa shape index (κ3) is 1.72. The minimum absolute atomic E-state index is 0.527. The van der Waals surface area contributed by atoms with Crippen molar-refractivity contribution in [2.45, 2.75) is 9.92 Å². The number of aromatic nitrogens is 6. The van der Waals surface area contributed by atoms with Crippen LogP contribution in [0.4, 0.5) is 0 Å². The Bertz CT molecular complexity index is 607. The normalized spacial score (nSPS) is 10.8. The number of hydrogen-bond acceptors (Lipinski definition) is 6. The molecule has 1 N–H and O–H groups in total. The van der Waals surface area contributed by atoms with Crippen molar-refractivity contribution in [3.05, 3.63) is 30.7 Å². The van der Waals surface area contributed by atoms with Crippen molar-refractivity contribution in [3.8, 4) is 0 Å². The van der Waals surface area contributed by atoms with Gasteiger partial charge in [-0.3, -0.25) is 4.98 Å². The number of aromatic amines is 1. The molecule has 3 aromatic heterocycles. The molecular formula is C9H6N6S. The summed E-state index contributed by atoms with van der Waals surface area (Å²) in [5.74, 6) is 0. The minimum Gasteiger partial charge on any atom is -0.265 e. The molecule has 0 saturated heterocycles. The molecule has 3 aromatic rings. The summed E-state index contributed by atoms with van der Waals surface area (Å²) >= 11 is 1.51. The summed E-state index contributed by atoms with van der Waals surface area (Å²) in [6.45, 7) is 0. The number of nitrogens with one attached hydrogen (secondary N) is 1. The number of nitrogens with zero attached hydrogens (tertiary/aromatic N) is 5. The fourth-order valence-electron chi connectivity index (χ4n) is 1.21. The lowest BCUT2D eigenvalue weighted by molar-refractivity contribution is 0.950. The van der Waals surface area contributed by atoms with Crippen molar-refractivity contribution in [1.82, 2.24) is 30.4 Å². The first-order valence-electron chi connectivity index (χ1n) is 4.53. The fourth-order valence-corrected chi connectivity index (χ4v) is 1.94. The smallest absolute Gasteiger partial charge is 0.221 e. The van der Waals surface area contributed by atoms with Gasteiger partial charge in [0.15, 0.2) is 0 Å². The monoisotopic (exact) mass is 230 g/mol. The number of H-pyrrole nitrogens is 1. The number of pyridine rings is 1. The van der Waals surface area contributed by atoms with Crippen LogP contribution in [0.5, 0.6) is 0 Å². The standard InChI is InChI=1S/C9H6N6S/c1-3-10-4-2-6(1)16-7-5-11-8-9(12-7)14-15-13-8/h1-5H,(H,11,12,13,14,15). The lowest BCUT2D eigenvalue weighted by Crippen LogP contribution is -1.85. The van der Waals surface area contributed by atoms with Crippen LogP contribution in [0.1, 0.15) is 0 Å². The van der Waals surface area contributed by atoms with Crippen LogP contribution < -0.4 is 0 Å². The third-order valence-corrected chi connectivity index (χ3v) is 2.81. The van der Waals surface area contributed by atoms with E-state index in [4.69, 9.17) is 0 Å². The van der Waals surface area contributed by atoms with E-state index in [-0.39, 0.29) is 0 Å².